The van der Waals surface area contributed by atoms with Crippen molar-refractivity contribution >= 4 is 5.97 Å². The highest BCUT2D eigenvalue weighted by molar-refractivity contribution is 5.90. The predicted octanol–water partition coefficient (Wildman–Crippen LogP) is 2.01. The van der Waals surface area contributed by atoms with Gasteiger partial charge in [-0.25, -0.2) is 13.6 Å². The van der Waals surface area contributed by atoms with Gasteiger partial charge in [0.1, 0.15) is 17.4 Å². The number of nitriles is 1. The van der Waals surface area contributed by atoms with E-state index in [0.717, 1.165) is 12.1 Å². The lowest BCUT2D eigenvalue weighted by Gasteiger charge is -2.04. The number of esters is 1. The molecule has 3 nitrogen and oxygen atoms in total. The van der Waals surface area contributed by atoms with Crippen LogP contribution in [0.25, 0.3) is 0 Å². The van der Waals surface area contributed by atoms with Gasteiger partial charge in [0, 0.05) is 0 Å². The highest BCUT2D eigenvalue weighted by Gasteiger charge is 2.21. The Labute approximate surface area is 84.9 Å². The summed E-state index contributed by atoms with van der Waals surface area (Å²) in [6.07, 6.45) is 0. The molecule has 1 aromatic rings. The first-order chi connectivity index (χ1) is 7.11. The third kappa shape index (κ3) is 2.10. The number of carbonyl (C=O) groups is 1. The second-order valence-electron chi connectivity index (χ2n) is 2.62. The van der Waals surface area contributed by atoms with Crippen molar-refractivity contribution in [2.75, 3.05) is 6.61 Å². The molecule has 78 valence electrons. The third-order valence-corrected chi connectivity index (χ3v) is 1.69. The number of benzene rings is 1. The van der Waals surface area contributed by atoms with E-state index >= 15 is 0 Å². The first kappa shape index (κ1) is 11.1. The molecule has 0 spiro atoms. The highest BCUT2D eigenvalue weighted by Crippen LogP contribution is 2.17. The molecule has 15 heavy (non-hydrogen) atoms. The smallest absolute Gasteiger partial charge is 0.344 e. The minimum Gasteiger partial charge on any atom is -0.462 e. The summed E-state index contributed by atoms with van der Waals surface area (Å²) in [5, 5.41) is 8.48. The van der Waals surface area contributed by atoms with Gasteiger partial charge in [-0.3, -0.25) is 0 Å². The number of hydrogen-bond donors (Lipinski definition) is 0. The molecule has 0 radical (unpaired) electrons. The standard InChI is InChI=1S/C10H7F2NO2/c1-2-15-10(14)8-7(11)4-3-6(5-13)9(8)12/h3-4H,2H2,1H3. The Morgan fingerprint density at radius 3 is 2.73 bits per heavy atom. The average molecular weight is 211 g/mol. The molecule has 0 heterocycles. The van der Waals surface area contributed by atoms with Gasteiger partial charge in [-0.05, 0) is 19.1 Å². The average Bonchev–Trinajstić information content (AvgIpc) is 2.18. The van der Waals surface area contributed by atoms with Crippen LogP contribution in [0.2, 0.25) is 0 Å². The normalized spacial score (nSPS) is 9.47. The molecular weight excluding hydrogens is 204 g/mol. The monoisotopic (exact) mass is 211 g/mol. The SMILES string of the molecule is CCOC(=O)c1c(F)ccc(C#N)c1F. The molecule has 5 heteroatoms. The summed E-state index contributed by atoms with van der Waals surface area (Å²) in [7, 11) is 0. The van der Waals surface area contributed by atoms with E-state index in [9.17, 15) is 13.6 Å². The molecule has 0 aromatic heterocycles. The zero-order valence-electron chi connectivity index (χ0n) is 7.88. The first-order valence-corrected chi connectivity index (χ1v) is 4.17. The van der Waals surface area contributed by atoms with E-state index < -0.39 is 23.2 Å². The largest absolute Gasteiger partial charge is 0.462 e. The van der Waals surface area contributed by atoms with Crippen LogP contribution >= 0.6 is 0 Å². The fraction of sp³-hybridized carbons (Fsp3) is 0.200. The van der Waals surface area contributed by atoms with Crippen LogP contribution in [0.1, 0.15) is 22.8 Å². The lowest BCUT2D eigenvalue weighted by Crippen LogP contribution is -2.11. The van der Waals surface area contributed by atoms with Crippen LogP contribution in [0.15, 0.2) is 12.1 Å². The van der Waals surface area contributed by atoms with Crippen molar-refractivity contribution < 1.29 is 18.3 Å². The number of rotatable bonds is 2. The summed E-state index contributed by atoms with van der Waals surface area (Å²) in [6.45, 7) is 1.52. The van der Waals surface area contributed by atoms with E-state index in [-0.39, 0.29) is 12.2 Å². The quantitative estimate of drug-likeness (QED) is 0.703. The summed E-state index contributed by atoms with van der Waals surface area (Å²) >= 11 is 0. The van der Waals surface area contributed by atoms with Gasteiger partial charge in [0.2, 0.25) is 0 Å². The van der Waals surface area contributed by atoms with E-state index in [2.05, 4.69) is 4.74 Å². The fourth-order valence-corrected chi connectivity index (χ4v) is 1.03. The number of nitrogens with zero attached hydrogens (tertiary/aromatic N) is 1. The van der Waals surface area contributed by atoms with Crippen molar-refractivity contribution in [3.05, 3.63) is 34.9 Å². The molecule has 0 unspecified atom stereocenters. The summed E-state index contributed by atoms with van der Waals surface area (Å²) in [4.78, 5) is 11.1. The second-order valence-corrected chi connectivity index (χ2v) is 2.62. The van der Waals surface area contributed by atoms with E-state index in [0.29, 0.717) is 0 Å². The Kier molecular flexibility index (Phi) is 3.34. The van der Waals surface area contributed by atoms with Crippen molar-refractivity contribution in [3.8, 4) is 6.07 Å². The van der Waals surface area contributed by atoms with Crippen LogP contribution in [-0.2, 0) is 4.74 Å². The van der Waals surface area contributed by atoms with Gasteiger partial charge in [0.25, 0.3) is 0 Å². The molecule has 0 aliphatic heterocycles. The van der Waals surface area contributed by atoms with Crippen LogP contribution in [0.4, 0.5) is 8.78 Å². The van der Waals surface area contributed by atoms with E-state index in [1.54, 1.807) is 0 Å². The number of carbonyl (C=O) groups excluding carboxylic acids is 1. The predicted molar refractivity (Wildman–Crippen MR) is 47.0 cm³/mol. The van der Waals surface area contributed by atoms with E-state index in [1.165, 1.54) is 13.0 Å². The molecule has 0 atom stereocenters. The minimum absolute atomic E-state index is 0.00843. The summed E-state index contributed by atoms with van der Waals surface area (Å²) in [5.41, 5.74) is -1.21. The maximum atomic E-state index is 13.3. The molecule has 0 aliphatic carbocycles. The zero-order chi connectivity index (χ0) is 11.4. The van der Waals surface area contributed by atoms with Gasteiger partial charge in [-0.15, -0.1) is 0 Å². The number of halogens is 2. The summed E-state index contributed by atoms with van der Waals surface area (Å²) < 4.78 is 30.9. The van der Waals surface area contributed by atoms with Crippen LogP contribution in [0.5, 0.6) is 0 Å². The second kappa shape index (κ2) is 4.51. The Hall–Kier alpha value is -1.96. The van der Waals surface area contributed by atoms with Crippen molar-refractivity contribution in [1.82, 2.24) is 0 Å². The molecule has 0 fully saturated rings. The van der Waals surface area contributed by atoms with Crippen LogP contribution in [0.3, 0.4) is 0 Å². The highest BCUT2D eigenvalue weighted by atomic mass is 19.1. The van der Waals surface area contributed by atoms with E-state index in [1.807, 2.05) is 0 Å². The van der Waals surface area contributed by atoms with Gasteiger partial charge >= 0.3 is 5.97 Å². The lowest BCUT2D eigenvalue weighted by atomic mass is 10.1. The van der Waals surface area contributed by atoms with E-state index in [4.69, 9.17) is 5.26 Å². The van der Waals surface area contributed by atoms with Gasteiger partial charge < -0.3 is 4.74 Å². The van der Waals surface area contributed by atoms with Crippen LogP contribution in [0, 0.1) is 23.0 Å². The van der Waals surface area contributed by atoms with Gasteiger partial charge in [-0.1, -0.05) is 0 Å². The molecule has 0 saturated heterocycles. The maximum absolute atomic E-state index is 13.3. The first-order valence-electron chi connectivity index (χ1n) is 4.17. The molecule has 1 rings (SSSR count). The summed E-state index contributed by atoms with van der Waals surface area (Å²) in [6, 6.07) is 3.33. The van der Waals surface area contributed by atoms with Crippen molar-refractivity contribution in [2.45, 2.75) is 6.92 Å². The van der Waals surface area contributed by atoms with Gasteiger partial charge in [0.05, 0.1) is 12.2 Å². The third-order valence-electron chi connectivity index (χ3n) is 1.69. The van der Waals surface area contributed by atoms with Crippen LogP contribution < -0.4 is 0 Å². The van der Waals surface area contributed by atoms with Crippen molar-refractivity contribution in [1.29, 1.82) is 5.26 Å². The topological polar surface area (TPSA) is 50.1 Å². The molecule has 0 bridgehead atoms. The molecule has 0 N–H and O–H groups in total. The Bertz CT molecular complexity index is 438. The van der Waals surface area contributed by atoms with Gasteiger partial charge in [-0.2, -0.15) is 5.26 Å². The molecule has 0 amide bonds. The number of ether oxygens (including phenoxy) is 1. The minimum atomic E-state index is -1.18. The number of hydrogen-bond acceptors (Lipinski definition) is 3. The molecule has 0 aliphatic rings. The Morgan fingerprint density at radius 1 is 1.53 bits per heavy atom. The Balaban J connectivity index is 3.28. The summed E-state index contributed by atoms with van der Waals surface area (Å²) in [5.74, 6) is -3.33. The Morgan fingerprint density at radius 2 is 2.20 bits per heavy atom. The fourth-order valence-electron chi connectivity index (χ4n) is 1.03. The van der Waals surface area contributed by atoms with Crippen molar-refractivity contribution in [3.63, 3.8) is 0 Å². The lowest BCUT2D eigenvalue weighted by molar-refractivity contribution is 0.0515. The maximum Gasteiger partial charge on any atom is 0.344 e. The van der Waals surface area contributed by atoms with Gasteiger partial charge in [0.15, 0.2) is 5.82 Å². The zero-order valence-corrected chi connectivity index (χ0v) is 7.88. The molecule has 0 saturated carbocycles. The molecular formula is C10H7F2NO2. The van der Waals surface area contributed by atoms with Crippen molar-refractivity contribution in [2.24, 2.45) is 0 Å². The molecule has 1 aromatic carbocycles. The van der Waals surface area contributed by atoms with Crippen LogP contribution in [-0.4, -0.2) is 12.6 Å².